The maximum Gasteiger partial charge on any atom is 0.325 e. The number of rotatable bonds is 9. The van der Waals surface area contributed by atoms with E-state index in [4.69, 9.17) is 5.11 Å². The molecule has 0 heterocycles. The second-order valence-corrected chi connectivity index (χ2v) is 5.67. The van der Waals surface area contributed by atoms with E-state index in [1.807, 2.05) is 0 Å². The Balaban J connectivity index is 3.32. The number of carboxylic acids is 1. The summed E-state index contributed by atoms with van der Waals surface area (Å²) in [6.45, 7) is 1.92. The van der Waals surface area contributed by atoms with Crippen molar-refractivity contribution >= 4 is 28.9 Å². The molecule has 0 aromatic heterocycles. The predicted octanol–water partition coefficient (Wildman–Crippen LogP) is 0.679. The number of benzene rings is 1. The second kappa shape index (κ2) is 8.71. The van der Waals surface area contributed by atoms with E-state index >= 15 is 0 Å². The van der Waals surface area contributed by atoms with Crippen LogP contribution >= 0.6 is 0 Å². The van der Waals surface area contributed by atoms with Crippen LogP contribution in [0.2, 0.25) is 0 Å². The van der Waals surface area contributed by atoms with Gasteiger partial charge in [0.2, 0.25) is 0 Å². The van der Waals surface area contributed by atoms with Gasteiger partial charge in [0.15, 0.2) is 5.69 Å². The summed E-state index contributed by atoms with van der Waals surface area (Å²) in [7, 11) is 3.57. The second-order valence-electron chi connectivity index (χ2n) is 5.67. The van der Waals surface area contributed by atoms with Crippen LogP contribution in [-0.2, 0) is 4.79 Å². The van der Waals surface area contributed by atoms with Crippen LogP contribution in [0.4, 0.5) is 17.1 Å². The van der Waals surface area contributed by atoms with Crippen molar-refractivity contribution in [3.05, 3.63) is 37.9 Å². The third-order valence-corrected chi connectivity index (χ3v) is 3.33. The molecule has 1 aromatic rings. The summed E-state index contributed by atoms with van der Waals surface area (Å²) >= 11 is 0. The number of nitro benzene ring substituents is 2. The minimum absolute atomic E-state index is 0.240. The topological polar surface area (TPSA) is 168 Å². The molecule has 0 radical (unpaired) electrons. The van der Waals surface area contributed by atoms with E-state index in [1.165, 1.54) is 6.92 Å². The fourth-order valence-corrected chi connectivity index (χ4v) is 1.95. The van der Waals surface area contributed by atoms with Crippen molar-refractivity contribution in [3.8, 4) is 0 Å². The van der Waals surface area contributed by atoms with Gasteiger partial charge in [-0.2, -0.15) is 0 Å². The lowest BCUT2D eigenvalue weighted by Crippen LogP contribution is -2.31. The third-order valence-electron chi connectivity index (χ3n) is 3.33. The highest BCUT2D eigenvalue weighted by Gasteiger charge is 2.30. The number of nitrogens with one attached hydrogen (secondary N) is 2. The smallest absolute Gasteiger partial charge is 0.325 e. The predicted molar refractivity (Wildman–Crippen MR) is 91.4 cm³/mol. The van der Waals surface area contributed by atoms with Gasteiger partial charge in [0.25, 0.3) is 17.3 Å². The molecule has 0 spiro atoms. The Bertz CT molecular complexity index is 699. The Morgan fingerprint density at radius 3 is 2.08 bits per heavy atom. The molecule has 1 amide bonds. The number of hydrogen-bond acceptors (Lipinski definition) is 8. The molecule has 12 nitrogen and oxygen atoms in total. The van der Waals surface area contributed by atoms with E-state index in [1.54, 1.807) is 19.0 Å². The molecule has 0 saturated carbocycles. The highest BCUT2D eigenvalue weighted by atomic mass is 16.6. The molecule has 12 heteroatoms. The Morgan fingerprint density at radius 1 is 1.19 bits per heavy atom. The average molecular weight is 369 g/mol. The molecule has 1 aromatic carbocycles. The molecule has 0 aliphatic carbocycles. The van der Waals surface area contributed by atoms with E-state index in [2.05, 4.69) is 10.6 Å². The Morgan fingerprint density at radius 2 is 1.69 bits per heavy atom. The molecule has 1 rings (SSSR count). The lowest BCUT2D eigenvalue weighted by atomic mass is 10.1. The van der Waals surface area contributed by atoms with Gasteiger partial charge in [0, 0.05) is 25.2 Å². The highest BCUT2D eigenvalue weighted by Crippen LogP contribution is 2.36. The van der Waals surface area contributed by atoms with Crippen molar-refractivity contribution in [2.75, 3.05) is 32.5 Å². The zero-order valence-corrected chi connectivity index (χ0v) is 14.4. The van der Waals surface area contributed by atoms with Crippen molar-refractivity contribution < 1.29 is 24.5 Å². The molecule has 1 atom stereocenters. The number of anilines is 1. The maximum atomic E-state index is 12.1. The van der Waals surface area contributed by atoms with Gasteiger partial charge in [-0.25, -0.2) is 0 Å². The molecule has 0 aliphatic rings. The van der Waals surface area contributed by atoms with Gasteiger partial charge in [0.05, 0.1) is 15.4 Å². The van der Waals surface area contributed by atoms with Crippen molar-refractivity contribution in [1.82, 2.24) is 10.2 Å². The summed E-state index contributed by atoms with van der Waals surface area (Å²) in [5, 5.41) is 36.2. The van der Waals surface area contributed by atoms with Gasteiger partial charge in [-0.05, 0) is 21.0 Å². The van der Waals surface area contributed by atoms with E-state index in [9.17, 15) is 29.8 Å². The summed E-state index contributed by atoms with van der Waals surface area (Å²) in [5.74, 6) is -2.06. The van der Waals surface area contributed by atoms with Gasteiger partial charge in [-0.3, -0.25) is 29.8 Å². The summed E-state index contributed by atoms with van der Waals surface area (Å²) in [5.41, 5.74) is -2.36. The molecule has 0 bridgehead atoms. The van der Waals surface area contributed by atoms with E-state index in [0.29, 0.717) is 6.54 Å². The standard InChI is InChI=1S/C14H19N5O7/c1-8(14(21)22)16-12-10(18(23)24)6-9(7-11(12)19(25)26)13(20)15-4-5-17(2)3/h6-8,16H,4-5H2,1-3H3,(H,15,20)(H,21,22). The summed E-state index contributed by atoms with van der Waals surface area (Å²) in [6.07, 6.45) is 0. The van der Waals surface area contributed by atoms with Crippen LogP contribution in [0.15, 0.2) is 12.1 Å². The number of hydrogen-bond donors (Lipinski definition) is 3. The molecule has 0 aliphatic heterocycles. The molecule has 0 saturated heterocycles. The van der Waals surface area contributed by atoms with Gasteiger partial charge in [0.1, 0.15) is 6.04 Å². The molecular formula is C14H19N5O7. The van der Waals surface area contributed by atoms with Crippen molar-refractivity contribution in [1.29, 1.82) is 0 Å². The number of amides is 1. The maximum absolute atomic E-state index is 12.1. The zero-order chi connectivity index (χ0) is 20.0. The number of nitro groups is 2. The quantitative estimate of drug-likeness (QED) is 0.418. The lowest BCUT2D eigenvalue weighted by molar-refractivity contribution is -0.392. The van der Waals surface area contributed by atoms with Gasteiger partial charge in [-0.15, -0.1) is 0 Å². The van der Waals surface area contributed by atoms with Crippen LogP contribution in [0.1, 0.15) is 17.3 Å². The van der Waals surface area contributed by atoms with Gasteiger partial charge in [-0.1, -0.05) is 0 Å². The van der Waals surface area contributed by atoms with Crippen LogP contribution in [-0.4, -0.2) is 65.0 Å². The molecule has 142 valence electrons. The number of carbonyl (C=O) groups is 2. The third kappa shape index (κ3) is 5.37. The fourth-order valence-electron chi connectivity index (χ4n) is 1.95. The normalized spacial score (nSPS) is 11.7. The van der Waals surface area contributed by atoms with Crippen molar-refractivity contribution in [2.45, 2.75) is 13.0 Å². The van der Waals surface area contributed by atoms with Gasteiger partial charge < -0.3 is 20.6 Å². The number of nitrogens with zero attached hydrogens (tertiary/aromatic N) is 3. The summed E-state index contributed by atoms with van der Waals surface area (Å²) in [6, 6.07) is 0.427. The summed E-state index contributed by atoms with van der Waals surface area (Å²) in [4.78, 5) is 45.6. The lowest BCUT2D eigenvalue weighted by Gasteiger charge is -2.13. The van der Waals surface area contributed by atoms with Crippen molar-refractivity contribution in [3.63, 3.8) is 0 Å². The molecule has 0 fully saturated rings. The van der Waals surface area contributed by atoms with Crippen LogP contribution in [0.3, 0.4) is 0 Å². The van der Waals surface area contributed by atoms with E-state index in [0.717, 1.165) is 12.1 Å². The highest BCUT2D eigenvalue weighted by molar-refractivity contribution is 5.97. The SMILES string of the molecule is CC(Nc1c([N+](=O)[O-])cc(C(=O)NCCN(C)C)cc1[N+](=O)[O-])C(=O)O. The largest absolute Gasteiger partial charge is 0.480 e. The Hall–Kier alpha value is -3.28. The number of carbonyl (C=O) groups excluding carboxylic acids is 1. The van der Waals surface area contributed by atoms with E-state index in [-0.39, 0.29) is 12.1 Å². The molecule has 1 unspecified atom stereocenters. The monoisotopic (exact) mass is 369 g/mol. The van der Waals surface area contributed by atoms with Crippen LogP contribution < -0.4 is 10.6 Å². The minimum atomic E-state index is -1.35. The first-order valence-electron chi connectivity index (χ1n) is 7.43. The first-order valence-corrected chi connectivity index (χ1v) is 7.43. The molecular weight excluding hydrogens is 350 g/mol. The van der Waals surface area contributed by atoms with Crippen molar-refractivity contribution in [2.24, 2.45) is 0 Å². The molecule has 3 N–H and O–H groups in total. The number of likely N-dealkylation sites (N-methyl/N-ethyl adjacent to an activating group) is 1. The first kappa shape index (κ1) is 20.8. The minimum Gasteiger partial charge on any atom is -0.480 e. The molecule has 26 heavy (non-hydrogen) atoms. The first-order chi connectivity index (χ1) is 12.0. The summed E-state index contributed by atoms with van der Waals surface area (Å²) < 4.78 is 0. The van der Waals surface area contributed by atoms with Crippen LogP contribution in [0.5, 0.6) is 0 Å². The van der Waals surface area contributed by atoms with Crippen LogP contribution in [0, 0.1) is 20.2 Å². The van der Waals surface area contributed by atoms with Crippen LogP contribution in [0.25, 0.3) is 0 Å². The van der Waals surface area contributed by atoms with Gasteiger partial charge >= 0.3 is 5.97 Å². The number of carboxylic acid groups (broad SMARTS) is 1. The fraction of sp³-hybridized carbons (Fsp3) is 0.429. The number of aliphatic carboxylic acids is 1. The van der Waals surface area contributed by atoms with E-state index < -0.39 is 44.8 Å². The Kier molecular flexibility index (Phi) is 6.96. The Labute approximate surface area is 148 Å². The zero-order valence-electron chi connectivity index (χ0n) is 14.4. The average Bonchev–Trinajstić information content (AvgIpc) is 2.53.